The lowest BCUT2D eigenvalue weighted by Crippen LogP contribution is -2.33. The van der Waals surface area contributed by atoms with Gasteiger partial charge in [-0.05, 0) is 25.2 Å². The Kier molecular flexibility index (Phi) is 4.41. The first-order chi connectivity index (χ1) is 8.34. The molecule has 0 amide bonds. The fourth-order valence-electron chi connectivity index (χ4n) is 1.86. The summed E-state index contributed by atoms with van der Waals surface area (Å²) >= 11 is 0. The van der Waals surface area contributed by atoms with Crippen LogP contribution in [0.25, 0.3) is 0 Å². The van der Waals surface area contributed by atoms with E-state index in [4.69, 9.17) is 5.73 Å². The van der Waals surface area contributed by atoms with Crippen LogP contribution in [0, 0.1) is 5.92 Å². The minimum absolute atomic E-state index is 0.586. The molecule has 5 nitrogen and oxygen atoms in total. The van der Waals surface area contributed by atoms with Gasteiger partial charge in [-0.1, -0.05) is 6.42 Å². The number of rotatable bonds is 6. The minimum atomic E-state index is 0.586. The number of hydrogen-bond acceptors (Lipinski definition) is 2. The number of nitrogens with two attached hydrogens (primary N) is 1. The van der Waals surface area contributed by atoms with Crippen LogP contribution in [0.1, 0.15) is 25.7 Å². The monoisotopic (exact) mass is 235 g/mol. The molecule has 94 valence electrons. The molecule has 3 N–H and O–H groups in total. The van der Waals surface area contributed by atoms with Crippen molar-refractivity contribution in [3.63, 3.8) is 0 Å². The molecule has 0 atom stereocenters. The van der Waals surface area contributed by atoms with Gasteiger partial charge in [-0.3, -0.25) is 4.99 Å². The molecule has 0 bridgehead atoms. The molecule has 1 aromatic heterocycles. The topological polar surface area (TPSA) is 68.2 Å². The minimum Gasteiger partial charge on any atom is -0.370 e. The molecule has 5 heteroatoms. The summed E-state index contributed by atoms with van der Waals surface area (Å²) in [6.45, 7) is 2.71. The summed E-state index contributed by atoms with van der Waals surface area (Å²) in [5, 5.41) is 3.14. The Morgan fingerprint density at radius 2 is 2.41 bits per heavy atom. The highest BCUT2D eigenvalue weighted by Crippen LogP contribution is 2.26. The van der Waals surface area contributed by atoms with Crippen LogP contribution in [0.4, 0.5) is 0 Å². The Morgan fingerprint density at radius 3 is 3.06 bits per heavy atom. The zero-order chi connectivity index (χ0) is 11.9. The van der Waals surface area contributed by atoms with Crippen LogP contribution in [0.2, 0.25) is 0 Å². The Hall–Kier alpha value is -1.52. The van der Waals surface area contributed by atoms with E-state index in [2.05, 4.69) is 19.9 Å². The van der Waals surface area contributed by atoms with Gasteiger partial charge < -0.3 is 15.6 Å². The second-order valence-corrected chi connectivity index (χ2v) is 4.60. The van der Waals surface area contributed by atoms with Gasteiger partial charge in [0.1, 0.15) is 0 Å². The van der Waals surface area contributed by atoms with E-state index in [1.807, 2.05) is 12.5 Å². The van der Waals surface area contributed by atoms with Gasteiger partial charge in [0, 0.05) is 32.0 Å². The quantitative estimate of drug-likeness (QED) is 0.439. The van der Waals surface area contributed by atoms with E-state index in [1.165, 1.54) is 19.3 Å². The average Bonchev–Trinajstić information content (AvgIpc) is 2.75. The molecule has 2 rings (SSSR count). The fraction of sp³-hybridized carbons (Fsp3) is 0.667. The standard InChI is InChI=1S/C12H21N5/c13-12(16-9-11-3-1-4-11)15-5-2-7-17-8-6-14-10-17/h6,8,10-11H,1-5,7,9H2,(H3,13,15,16). The summed E-state index contributed by atoms with van der Waals surface area (Å²) in [5.41, 5.74) is 5.78. The molecule has 1 fully saturated rings. The van der Waals surface area contributed by atoms with Crippen LogP contribution in [0.15, 0.2) is 23.7 Å². The third-order valence-electron chi connectivity index (χ3n) is 3.20. The maximum atomic E-state index is 5.78. The van der Waals surface area contributed by atoms with Crippen LogP contribution in [0.5, 0.6) is 0 Å². The van der Waals surface area contributed by atoms with Crippen molar-refractivity contribution in [2.24, 2.45) is 16.6 Å². The average molecular weight is 235 g/mol. The van der Waals surface area contributed by atoms with Crippen LogP contribution < -0.4 is 11.1 Å². The van der Waals surface area contributed by atoms with E-state index in [1.54, 1.807) is 6.20 Å². The van der Waals surface area contributed by atoms with E-state index >= 15 is 0 Å². The summed E-state index contributed by atoms with van der Waals surface area (Å²) in [6.07, 6.45) is 10.6. The molecule has 0 aromatic carbocycles. The first-order valence-corrected chi connectivity index (χ1v) is 6.34. The van der Waals surface area contributed by atoms with Crippen molar-refractivity contribution in [2.75, 3.05) is 13.1 Å². The maximum absolute atomic E-state index is 5.78. The number of aliphatic imine (C=N–C) groups is 1. The van der Waals surface area contributed by atoms with Gasteiger partial charge in [0.25, 0.3) is 0 Å². The van der Waals surface area contributed by atoms with Crippen LogP contribution in [-0.2, 0) is 6.54 Å². The number of guanidine groups is 1. The predicted molar refractivity (Wildman–Crippen MR) is 68.7 cm³/mol. The van der Waals surface area contributed by atoms with E-state index in [0.29, 0.717) is 5.96 Å². The molecule has 0 saturated heterocycles. The van der Waals surface area contributed by atoms with Crippen molar-refractivity contribution in [1.82, 2.24) is 14.9 Å². The SMILES string of the molecule is NC(=NCC1CCC1)NCCCn1ccnc1. The van der Waals surface area contributed by atoms with E-state index in [9.17, 15) is 0 Å². The van der Waals surface area contributed by atoms with Gasteiger partial charge in [-0.15, -0.1) is 0 Å². The van der Waals surface area contributed by atoms with Crippen LogP contribution in [-0.4, -0.2) is 28.6 Å². The van der Waals surface area contributed by atoms with Crippen LogP contribution >= 0.6 is 0 Å². The van der Waals surface area contributed by atoms with Gasteiger partial charge in [0.15, 0.2) is 5.96 Å². The molecular formula is C12H21N5. The summed E-state index contributed by atoms with van der Waals surface area (Å²) in [6, 6.07) is 0. The van der Waals surface area contributed by atoms with Crippen molar-refractivity contribution >= 4 is 5.96 Å². The molecule has 0 radical (unpaired) electrons. The Balaban J connectivity index is 1.54. The largest absolute Gasteiger partial charge is 0.370 e. The summed E-state index contributed by atoms with van der Waals surface area (Å²) in [5.74, 6) is 1.36. The highest BCUT2D eigenvalue weighted by Gasteiger charge is 2.16. The number of aromatic nitrogens is 2. The smallest absolute Gasteiger partial charge is 0.188 e. The van der Waals surface area contributed by atoms with Crippen LogP contribution in [0.3, 0.4) is 0 Å². The van der Waals surface area contributed by atoms with Crippen molar-refractivity contribution in [2.45, 2.75) is 32.2 Å². The normalized spacial score (nSPS) is 16.8. The molecule has 17 heavy (non-hydrogen) atoms. The Bertz CT molecular complexity index is 340. The molecular weight excluding hydrogens is 214 g/mol. The molecule has 1 aliphatic carbocycles. The molecule has 1 heterocycles. The predicted octanol–water partition coefficient (Wildman–Crippen LogP) is 0.978. The highest BCUT2D eigenvalue weighted by atomic mass is 15.1. The lowest BCUT2D eigenvalue weighted by Gasteiger charge is -2.23. The van der Waals surface area contributed by atoms with Gasteiger partial charge >= 0.3 is 0 Å². The first kappa shape index (κ1) is 12.0. The number of nitrogens with one attached hydrogen (secondary N) is 1. The third kappa shape index (κ3) is 4.09. The summed E-state index contributed by atoms with van der Waals surface area (Å²) < 4.78 is 2.06. The lowest BCUT2D eigenvalue weighted by atomic mass is 9.86. The lowest BCUT2D eigenvalue weighted by molar-refractivity contribution is 0.326. The number of nitrogens with zero attached hydrogens (tertiary/aromatic N) is 3. The van der Waals surface area contributed by atoms with E-state index in [0.717, 1.165) is 32.0 Å². The number of imidazole rings is 1. The molecule has 0 aliphatic heterocycles. The van der Waals surface area contributed by atoms with Crippen molar-refractivity contribution in [1.29, 1.82) is 0 Å². The molecule has 1 aliphatic rings. The molecule has 0 spiro atoms. The third-order valence-corrected chi connectivity index (χ3v) is 3.20. The molecule has 1 saturated carbocycles. The molecule has 1 aromatic rings. The van der Waals surface area contributed by atoms with Crippen molar-refractivity contribution < 1.29 is 0 Å². The Labute approximate surface area is 102 Å². The number of hydrogen-bond donors (Lipinski definition) is 2. The van der Waals surface area contributed by atoms with Gasteiger partial charge in [0.05, 0.1) is 6.33 Å². The van der Waals surface area contributed by atoms with E-state index in [-0.39, 0.29) is 0 Å². The van der Waals surface area contributed by atoms with Crippen molar-refractivity contribution in [3.8, 4) is 0 Å². The van der Waals surface area contributed by atoms with Gasteiger partial charge in [0.2, 0.25) is 0 Å². The zero-order valence-electron chi connectivity index (χ0n) is 10.2. The zero-order valence-corrected chi connectivity index (χ0v) is 10.2. The second-order valence-electron chi connectivity index (χ2n) is 4.60. The fourth-order valence-corrected chi connectivity index (χ4v) is 1.86. The molecule has 0 unspecified atom stereocenters. The van der Waals surface area contributed by atoms with Gasteiger partial charge in [-0.25, -0.2) is 4.98 Å². The van der Waals surface area contributed by atoms with Gasteiger partial charge in [-0.2, -0.15) is 0 Å². The van der Waals surface area contributed by atoms with E-state index < -0.39 is 0 Å². The second kappa shape index (κ2) is 6.27. The summed E-state index contributed by atoms with van der Waals surface area (Å²) in [7, 11) is 0. The first-order valence-electron chi connectivity index (χ1n) is 6.34. The maximum Gasteiger partial charge on any atom is 0.188 e. The Morgan fingerprint density at radius 1 is 1.53 bits per heavy atom. The highest BCUT2D eigenvalue weighted by molar-refractivity contribution is 5.77. The van der Waals surface area contributed by atoms with Crippen molar-refractivity contribution in [3.05, 3.63) is 18.7 Å². The summed E-state index contributed by atoms with van der Waals surface area (Å²) in [4.78, 5) is 8.34. The number of aryl methyl sites for hydroxylation is 1.